The summed E-state index contributed by atoms with van der Waals surface area (Å²) in [4.78, 5) is 29.3. The Bertz CT molecular complexity index is 864. The standard InChI is InChI=1S/C20H23BrN2O4/c1-13-16-12-15(21)2-3-17(16)27-18(13)20(25)22-6-4-14(5-7-22)19(24)23-8-10-26-11-9-23/h2-3,12,14H,4-11H2,1H3. The van der Waals surface area contributed by atoms with E-state index in [2.05, 4.69) is 15.9 Å². The number of amides is 2. The minimum atomic E-state index is -0.0860. The Balaban J connectivity index is 1.43. The fourth-order valence-electron chi connectivity index (χ4n) is 3.91. The maximum absolute atomic E-state index is 13.0. The van der Waals surface area contributed by atoms with E-state index in [0.29, 0.717) is 58.0 Å². The quantitative estimate of drug-likeness (QED) is 0.727. The predicted molar refractivity (Wildman–Crippen MR) is 105 cm³/mol. The molecule has 1 aromatic carbocycles. The van der Waals surface area contributed by atoms with Crippen molar-refractivity contribution >= 4 is 38.7 Å². The van der Waals surface area contributed by atoms with Crippen molar-refractivity contribution < 1.29 is 18.7 Å². The minimum absolute atomic E-state index is 0.000115. The van der Waals surface area contributed by atoms with Crippen LogP contribution in [0.2, 0.25) is 0 Å². The number of aryl methyl sites for hydroxylation is 1. The number of nitrogens with zero attached hydrogens (tertiary/aromatic N) is 2. The lowest BCUT2D eigenvalue weighted by Crippen LogP contribution is -2.47. The summed E-state index contributed by atoms with van der Waals surface area (Å²) in [5.41, 5.74) is 1.58. The van der Waals surface area contributed by atoms with Crippen molar-refractivity contribution in [1.82, 2.24) is 9.80 Å². The van der Waals surface area contributed by atoms with E-state index < -0.39 is 0 Å². The number of likely N-dealkylation sites (tertiary alicyclic amines) is 1. The van der Waals surface area contributed by atoms with Crippen LogP contribution in [0, 0.1) is 12.8 Å². The minimum Gasteiger partial charge on any atom is -0.451 e. The summed E-state index contributed by atoms with van der Waals surface area (Å²) in [5, 5.41) is 0.949. The largest absolute Gasteiger partial charge is 0.451 e. The van der Waals surface area contributed by atoms with E-state index in [1.165, 1.54) is 0 Å². The molecule has 0 unspecified atom stereocenters. The predicted octanol–water partition coefficient (Wildman–Crippen LogP) is 3.21. The molecule has 2 aliphatic rings. The van der Waals surface area contributed by atoms with Crippen molar-refractivity contribution in [3.63, 3.8) is 0 Å². The van der Waals surface area contributed by atoms with Crippen molar-refractivity contribution in [2.24, 2.45) is 5.92 Å². The summed E-state index contributed by atoms with van der Waals surface area (Å²) in [6.07, 6.45) is 1.40. The number of halogens is 1. The van der Waals surface area contributed by atoms with Gasteiger partial charge in [0.25, 0.3) is 5.91 Å². The lowest BCUT2D eigenvalue weighted by atomic mass is 9.94. The zero-order valence-electron chi connectivity index (χ0n) is 15.4. The van der Waals surface area contributed by atoms with Crippen LogP contribution in [0.3, 0.4) is 0 Å². The Morgan fingerprint density at radius 1 is 1.07 bits per heavy atom. The van der Waals surface area contributed by atoms with Crippen LogP contribution in [-0.2, 0) is 9.53 Å². The highest BCUT2D eigenvalue weighted by molar-refractivity contribution is 9.10. The Hall–Kier alpha value is -1.86. The second-order valence-corrected chi connectivity index (χ2v) is 8.12. The summed E-state index contributed by atoms with van der Waals surface area (Å²) in [5.74, 6) is 0.521. The normalized spacial score (nSPS) is 18.9. The summed E-state index contributed by atoms with van der Waals surface area (Å²) in [6, 6.07) is 5.75. The Labute approximate surface area is 166 Å². The molecule has 0 spiro atoms. The zero-order chi connectivity index (χ0) is 19.0. The molecule has 6 nitrogen and oxygen atoms in total. The molecule has 27 heavy (non-hydrogen) atoms. The van der Waals surface area contributed by atoms with Gasteiger partial charge in [0.15, 0.2) is 5.76 Å². The second-order valence-electron chi connectivity index (χ2n) is 7.20. The van der Waals surface area contributed by atoms with Crippen molar-refractivity contribution in [2.45, 2.75) is 19.8 Å². The van der Waals surface area contributed by atoms with Gasteiger partial charge >= 0.3 is 0 Å². The molecule has 1 aromatic heterocycles. The van der Waals surface area contributed by atoms with Crippen molar-refractivity contribution in [3.8, 4) is 0 Å². The highest BCUT2D eigenvalue weighted by Crippen LogP contribution is 2.30. The molecule has 2 saturated heterocycles. The Morgan fingerprint density at radius 3 is 2.48 bits per heavy atom. The third-order valence-corrected chi connectivity index (χ3v) is 6.04. The molecule has 3 heterocycles. The molecular weight excluding hydrogens is 412 g/mol. The highest BCUT2D eigenvalue weighted by Gasteiger charge is 2.32. The third kappa shape index (κ3) is 3.62. The van der Waals surface area contributed by atoms with E-state index in [9.17, 15) is 9.59 Å². The van der Waals surface area contributed by atoms with Crippen LogP contribution >= 0.6 is 15.9 Å². The second kappa shape index (κ2) is 7.64. The van der Waals surface area contributed by atoms with Gasteiger partial charge in [-0.15, -0.1) is 0 Å². The smallest absolute Gasteiger partial charge is 0.289 e. The van der Waals surface area contributed by atoms with Gasteiger partial charge in [0, 0.05) is 47.5 Å². The number of furan rings is 1. The molecule has 2 aromatic rings. The molecule has 0 atom stereocenters. The molecule has 0 N–H and O–H groups in total. The maximum Gasteiger partial charge on any atom is 0.289 e. The molecule has 4 rings (SSSR count). The first-order valence-electron chi connectivity index (χ1n) is 9.39. The molecule has 2 fully saturated rings. The van der Waals surface area contributed by atoms with Crippen LogP contribution in [0.4, 0.5) is 0 Å². The van der Waals surface area contributed by atoms with Crippen LogP contribution in [-0.4, -0.2) is 61.0 Å². The van der Waals surface area contributed by atoms with Crippen molar-refractivity contribution in [2.75, 3.05) is 39.4 Å². The summed E-state index contributed by atoms with van der Waals surface area (Å²) in [7, 11) is 0. The number of benzene rings is 1. The van der Waals surface area contributed by atoms with Gasteiger partial charge in [-0.3, -0.25) is 9.59 Å². The summed E-state index contributed by atoms with van der Waals surface area (Å²) in [6.45, 7) is 5.66. The van der Waals surface area contributed by atoms with E-state index in [4.69, 9.17) is 9.15 Å². The molecule has 2 amide bonds. The van der Waals surface area contributed by atoms with Crippen LogP contribution in [0.1, 0.15) is 29.0 Å². The Morgan fingerprint density at radius 2 is 1.78 bits per heavy atom. The number of carbonyl (C=O) groups excluding carboxylic acids is 2. The average Bonchev–Trinajstić information content (AvgIpc) is 3.04. The van der Waals surface area contributed by atoms with Crippen LogP contribution in [0.5, 0.6) is 0 Å². The van der Waals surface area contributed by atoms with Gasteiger partial charge < -0.3 is 19.0 Å². The number of rotatable bonds is 2. The fourth-order valence-corrected chi connectivity index (χ4v) is 4.27. The third-order valence-electron chi connectivity index (χ3n) is 5.55. The number of morpholine rings is 1. The van der Waals surface area contributed by atoms with E-state index in [1.54, 1.807) is 0 Å². The van der Waals surface area contributed by atoms with Gasteiger partial charge in [0.2, 0.25) is 5.91 Å². The molecule has 0 saturated carbocycles. The maximum atomic E-state index is 13.0. The number of carbonyl (C=O) groups is 2. The van der Waals surface area contributed by atoms with Crippen molar-refractivity contribution in [1.29, 1.82) is 0 Å². The van der Waals surface area contributed by atoms with E-state index in [1.807, 2.05) is 34.9 Å². The molecule has 0 aliphatic carbocycles. The number of hydrogen-bond acceptors (Lipinski definition) is 4. The molecule has 7 heteroatoms. The summed E-state index contributed by atoms with van der Waals surface area (Å²) < 4.78 is 12.1. The monoisotopic (exact) mass is 434 g/mol. The number of fused-ring (bicyclic) bond motifs is 1. The van der Waals surface area contributed by atoms with Gasteiger partial charge in [-0.1, -0.05) is 15.9 Å². The van der Waals surface area contributed by atoms with Gasteiger partial charge in [0.05, 0.1) is 13.2 Å². The van der Waals surface area contributed by atoms with E-state index >= 15 is 0 Å². The zero-order valence-corrected chi connectivity index (χ0v) is 17.0. The van der Waals surface area contributed by atoms with Gasteiger partial charge in [-0.05, 0) is 38.0 Å². The molecule has 0 bridgehead atoms. The molecule has 2 aliphatic heterocycles. The van der Waals surface area contributed by atoms with E-state index in [-0.39, 0.29) is 17.7 Å². The first-order chi connectivity index (χ1) is 13.0. The lowest BCUT2D eigenvalue weighted by Gasteiger charge is -2.35. The number of hydrogen-bond donors (Lipinski definition) is 0. The van der Waals surface area contributed by atoms with Gasteiger partial charge in [-0.25, -0.2) is 0 Å². The Kier molecular flexibility index (Phi) is 5.23. The van der Waals surface area contributed by atoms with Gasteiger partial charge in [0.1, 0.15) is 5.58 Å². The van der Waals surface area contributed by atoms with E-state index in [0.717, 1.165) is 21.0 Å². The van der Waals surface area contributed by atoms with Crippen LogP contribution in [0.25, 0.3) is 11.0 Å². The number of ether oxygens (including phenoxy) is 1. The highest BCUT2D eigenvalue weighted by atomic mass is 79.9. The molecule has 0 radical (unpaired) electrons. The first kappa shape index (κ1) is 18.5. The van der Waals surface area contributed by atoms with Crippen LogP contribution < -0.4 is 0 Å². The lowest BCUT2D eigenvalue weighted by molar-refractivity contribution is -0.141. The van der Waals surface area contributed by atoms with Crippen molar-refractivity contribution in [3.05, 3.63) is 34.0 Å². The van der Waals surface area contributed by atoms with Gasteiger partial charge in [-0.2, -0.15) is 0 Å². The fraction of sp³-hybridized carbons (Fsp3) is 0.500. The first-order valence-corrected chi connectivity index (χ1v) is 10.2. The number of piperidine rings is 1. The summed E-state index contributed by atoms with van der Waals surface area (Å²) >= 11 is 3.46. The van der Waals surface area contributed by atoms with Crippen LogP contribution in [0.15, 0.2) is 27.1 Å². The molecule has 144 valence electrons. The molecular formula is C20H23BrN2O4. The average molecular weight is 435 g/mol. The SMILES string of the molecule is Cc1c(C(=O)N2CCC(C(=O)N3CCOCC3)CC2)oc2ccc(Br)cc12. The topological polar surface area (TPSA) is 63.0 Å².